The molecule has 0 saturated heterocycles. The van der Waals surface area contributed by atoms with Crippen molar-refractivity contribution >= 4 is 40.5 Å². The molecule has 0 fully saturated rings. The summed E-state index contributed by atoms with van der Waals surface area (Å²) >= 11 is 2.22. The van der Waals surface area contributed by atoms with Crippen LogP contribution in [0.15, 0.2) is 59.2 Å². The predicted molar refractivity (Wildman–Crippen MR) is 100 cm³/mol. The van der Waals surface area contributed by atoms with Gasteiger partial charge >= 0.3 is 5.97 Å². The number of halogens is 1. The van der Waals surface area contributed by atoms with Gasteiger partial charge < -0.3 is 4.74 Å². The minimum atomic E-state index is -0.410. The largest absolute Gasteiger partial charge is 0.402 e. The number of nitrogens with zero attached hydrogens (tertiary/aromatic N) is 1. The number of carbonyl (C=O) groups excluding carboxylic acids is 1. The highest BCUT2D eigenvalue weighted by Crippen LogP contribution is 2.21. The summed E-state index contributed by atoms with van der Waals surface area (Å²) in [6, 6.07) is 15.8. The summed E-state index contributed by atoms with van der Waals surface area (Å²) in [5.41, 5.74) is 3.35. The van der Waals surface area contributed by atoms with Crippen molar-refractivity contribution in [2.45, 2.75) is 19.8 Å². The van der Waals surface area contributed by atoms with Crippen molar-refractivity contribution < 1.29 is 9.53 Å². The number of esters is 1. The number of rotatable bonds is 3. The van der Waals surface area contributed by atoms with Gasteiger partial charge in [-0.3, -0.25) is 0 Å². The first-order valence-corrected chi connectivity index (χ1v) is 8.49. The van der Waals surface area contributed by atoms with Crippen molar-refractivity contribution in [3.05, 3.63) is 74.5 Å². The van der Waals surface area contributed by atoms with Crippen molar-refractivity contribution in [2.75, 3.05) is 0 Å². The van der Waals surface area contributed by atoms with Gasteiger partial charge in [0.2, 0.25) is 5.90 Å². The third-order valence-electron chi connectivity index (χ3n) is 3.60. The van der Waals surface area contributed by atoms with Gasteiger partial charge in [0.15, 0.2) is 5.70 Å². The Morgan fingerprint density at radius 1 is 1.13 bits per heavy atom. The monoisotopic (exact) mass is 417 g/mol. The predicted octanol–water partition coefficient (Wildman–Crippen LogP) is 4.76. The Morgan fingerprint density at radius 3 is 2.52 bits per heavy atom. The molecule has 3 rings (SSSR count). The van der Waals surface area contributed by atoms with E-state index in [1.807, 2.05) is 36.4 Å². The third-order valence-corrected chi connectivity index (χ3v) is 4.27. The van der Waals surface area contributed by atoms with Gasteiger partial charge in [0.1, 0.15) is 0 Å². The SMILES string of the molecule is CC(C)c1ccc(/C=C2/N=C(c3cccc(I)c3)OC2=O)cc1. The second-order valence-electron chi connectivity index (χ2n) is 5.67. The van der Waals surface area contributed by atoms with Crippen LogP contribution in [0, 0.1) is 3.57 Å². The van der Waals surface area contributed by atoms with E-state index in [4.69, 9.17) is 4.74 Å². The molecule has 0 radical (unpaired) electrons. The molecule has 0 aromatic heterocycles. The second-order valence-corrected chi connectivity index (χ2v) is 6.91. The fraction of sp³-hybridized carbons (Fsp3) is 0.158. The number of aliphatic imine (C=N–C) groups is 1. The maximum atomic E-state index is 12.0. The van der Waals surface area contributed by atoms with Crippen LogP contribution in [0.3, 0.4) is 0 Å². The summed E-state index contributed by atoms with van der Waals surface area (Å²) in [4.78, 5) is 16.4. The van der Waals surface area contributed by atoms with Crippen molar-refractivity contribution in [3.8, 4) is 0 Å². The van der Waals surface area contributed by atoms with Crippen LogP contribution in [0.2, 0.25) is 0 Å². The van der Waals surface area contributed by atoms with Gasteiger partial charge in [0.25, 0.3) is 0 Å². The summed E-state index contributed by atoms with van der Waals surface area (Å²) < 4.78 is 6.36. The third kappa shape index (κ3) is 3.69. The summed E-state index contributed by atoms with van der Waals surface area (Å²) in [5, 5.41) is 0. The van der Waals surface area contributed by atoms with Crippen LogP contribution in [0.5, 0.6) is 0 Å². The first-order chi connectivity index (χ1) is 11.0. The summed E-state index contributed by atoms with van der Waals surface area (Å²) in [6.07, 6.45) is 1.76. The van der Waals surface area contributed by atoms with E-state index < -0.39 is 5.97 Å². The molecule has 2 aromatic carbocycles. The topological polar surface area (TPSA) is 38.7 Å². The molecule has 1 heterocycles. The first kappa shape index (κ1) is 15.9. The van der Waals surface area contributed by atoms with Crippen LogP contribution in [-0.2, 0) is 9.53 Å². The molecule has 0 atom stereocenters. The minimum absolute atomic E-state index is 0.330. The Kier molecular flexibility index (Phi) is 4.61. The lowest BCUT2D eigenvalue weighted by atomic mass is 10.0. The number of hydrogen-bond acceptors (Lipinski definition) is 3. The van der Waals surface area contributed by atoms with Crippen molar-refractivity contribution in [3.63, 3.8) is 0 Å². The van der Waals surface area contributed by atoms with Crippen LogP contribution in [0.1, 0.15) is 36.5 Å². The standard InChI is InChI=1S/C19H16INO2/c1-12(2)14-8-6-13(7-9-14)10-17-19(22)23-18(21-17)15-4-3-5-16(20)11-15/h3-12H,1-2H3/b17-10+. The van der Waals surface area contributed by atoms with Crippen LogP contribution in [0.25, 0.3) is 6.08 Å². The highest BCUT2D eigenvalue weighted by Gasteiger charge is 2.24. The number of benzene rings is 2. The molecule has 23 heavy (non-hydrogen) atoms. The van der Waals surface area contributed by atoms with E-state index in [9.17, 15) is 4.79 Å². The number of ether oxygens (including phenoxy) is 1. The molecule has 0 N–H and O–H groups in total. The quantitative estimate of drug-likeness (QED) is 0.411. The molecule has 4 heteroatoms. The molecule has 2 aromatic rings. The summed E-state index contributed by atoms with van der Waals surface area (Å²) in [7, 11) is 0. The van der Waals surface area contributed by atoms with E-state index in [-0.39, 0.29) is 0 Å². The normalized spacial score (nSPS) is 15.9. The Bertz CT molecular complexity index is 804. The molecule has 116 valence electrons. The van der Waals surface area contributed by atoms with Crippen molar-refractivity contribution in [1.82, 2.24) is 0 Å². The van der Waals surface area contributed by atoms with E-state index >= 15 is 0 Å². The zero-order valence-electron chi connectivity index (χ0n) is 12.9. The minimum Gasteiger partial charge on any atom is -0.402 e. The Labute approximate surface area is 149 Å². The molecule has 0 spiro atoms. The lowest BCUT2D eigenvalue weighted by Gasteiger charge is -2.04. The lowest BCUT2D eigenvalue weighted by Crippen LogP contribution is -2.05. The smallest absolute Gasteiger partial charge is 0.363 e. The zero-order valence-corrected chi connectivity index (χ0v) is 15.1. The second kappa shape index (κ2) is 6.66. The van der Waals surface area contributed by atoms with Crippen molar-refractivity contribution in [1.29, 1.82) is 0 Å². The fourth-order valence-electron chi connectivity index (χ4n) is 2.29. The molecule has 0 bridgehead atoms. The average molecular weight is 417 g/mol. The molecule has 0 saturated carbocycles. The Balaban J connectivity index is 1.88. The van der Waals surface area contributed by atoms with Crippen LogP contribution >= 0.6 is 22.6 Å². The molecular weight excluding hydrogens is 401 g/mol. The van der Waals surface area contributed by atoms with E-state index in [0.717, 1.165) is 14.7 Å². The molecule has 1 aliphatic rings. The summed E-state index contributed by atoms with van der Waals surface area (Å²) in [6.45, 7) is 4.30. The molecule has 0 amide bonds. The van der Waals surface area contributed by atoms with Gasteiger partial charge in [-0.05, 0) is 63.9 Å². The number of carbonyl (C=O) groups is 1. The molecule has 3 nitrogen and oxygen atoms in total. The van der Waals surface area contributed by atoms with E-state index in [1.165, 1.54) is 5.56 Å². The zero-order chi connectivity index (χ0) is 16.4. The maximum absolute atomic E-state index is 12.0. The average Bonchev–Trinajstić information content (AvgIpc) is 2.89. The van der Waals surface area contributed by atoms with Gasteiger partial charge in [0.05, 0.1) is 0 Å². The Morgan fingerprint density at radius 2 is 1.87 bits per heavy atom. The van der Waals surface area contributed by atoms with Gasteiger partial charge in [-0.2, -0.15) is 0 Å². The summed E-state index contributed by atoms with van der Waals surface area (Å²) in [5.74, 6) is 0.434. The van der Waals surface area contributed by atoms with Gasteiger partial charge in [-0.1, -0.05) is 44.2 Å². The van der Waals surface area contributed by atoms with E-state index in [0.29, 0.717) is 17.5 Å². The van der Waals surface area contributed by atoms with Crippen molar-refractivity contribution in [2.24, 2.45) is 4.99 Å². The van der Waals surface area contributed by atoms with E-state index in [2.05, 4.69) is 53.6 Å². The molecule has 1 aliphatic heterocycles. The van der Waals surface area contributed by atoms with Gasteiger partial charge in [0, 0.05) is 9.13 Å². The van der Waals surface area contributed by atoms with Gasteiger partial charge in [-0.15, -0.1) is 0 Å². The highest BCUT2D eigenvalue weighted by molar-refractivity contribution is 14.1. The number of cyclic esters (lactones) is 1. The van der Waals surface area contributed by atoms with Crippen LogP contribution in [0.4, 0.5) is 0 Å². The highest BCUT2D eigenvalue weighted by atomic mass is 127. The van der Waals surface area contributed by atoms with E-state index in [1.54, 1.807) is 6.08 Å². The van der Waals surface area contributed by atoms with Crippen LogP contribution in [-0.4, -0.2) is 11.9 Å². The number of hydrogen-bond donors (Lipinski definition) is 0. The molecule has 0 aliphatic carbocycles. The van der Waals surface area contributed by atoms with Crippen LogP contribution < -0.4 is 0 Å². The fourth-order valence-corrected chi connectivity index (χ4v) is 2.83. The lowest BCUT2D eigenvalue weighted by molar-refractivity contribution is -0.129. The maximum Gasteiger partial charge on any atom is 0.363 e. The first-order valence-electron chi connectivity index (χ1n) is 7.41. The van der Waals surface area contributed by atoms with Gasteiger partial charge in [-0.25, -0.2) is 9.79 Å². The molecule has 0 unspecified atom stereocenters. The Hall–Kier alpha value is -1.95. The molecular formula is C19H16INO2.